The molecule has 8 nitrogen and oxygen atoms in total. The highest BCUT2D eigenvalue weighted by Crippen LogP contribution is 2.24. The Labute approximate surface area is 161 Å². The van der Waals surface area contributed by atoms with Gasteiger partial charge in [0.15, 0.2) is 0 Å². The fraction of sp³-hybridized carbons (Fsp3) is 0.235. The summed E-state index contributed by atoms with van der Waals surface area (Å²) >= 11 is 5.93. The Balaban J connectivity index is 2.15. The normalized spacial score (nSPS) is 12.4. The molecule has 27 heavy (non-hydrogen) atoms. The molecule has 2 aromatic carbocycles. The molecule has 0 bridgehead atoms. The highest BCUT2D eigenvalue weighted by atomic mass is 35.5. The van der Waals surface area contributed by atoms with Crippen molar-refractivity contribution in [2.45, 2.75) is 31.2 Å². The number of amides is 1. The number of anilines is 1. The van der Waals surface area contributed by atoms with Gasteiger partial charge in [0.2, 0.25) is 10.0 Å². The number of carbonyl (C=O) groups is 1. The van der Waals surface area contributed by atoms with Crippen LogP contribution in [0.2, 0.25) is 5.02 Å². The molecule has 1 amide bonds. The van der Waals surface area contributed by atoms with Gasteiger partial charge in [-0.05, 0) is 43.7 Å². The van der Waals surface area contributed by atoms with Crippen LogP contribution in [0.15, 0.2) is 47.4 Å². The molecule has 0 fully saturated rings. The second kappa shape index (κ2) is 8.47. The lowest BCUT2D eigenvalue weighted by molar-refractivity contribution is -0.384. The number of sulfonamides is 1. The number of hydrogen-bond donors (Lipinski definition) is 2. The Morgan fingerprint density at radius 2 is 1.85 bits per heavy atom. The van der Waals surface area contributed by atoms with Crippen LogP contribution >= 0.6 is 11.6 Å². The van der Waals surface area contributed by atoms with Crippen molar-refractivity contribution in [1.29, 1.82) is 0 Å². The minimum absolute atomic E-state index is 0.0568. The summed E-state index contributed by atoms with van der Waals surface area (Å²) < 4.78 is 27.0. The quantitative estimate of drug-likeness (QED) is 0.533. The van der Waals surface area contributed by atoms with E-state index in [-0.39, 0.29) is 27.2 Å². The van der Waals surface area contributed by atoms with E-state index in [0.29, 0.717) is 12.1 Å². The van der Waals surface area contributed by atoms with Gasteiger partial charge in [0.1, 0.15) is 0 Å². The molecule has 10 heteroatoms. The molecule has 0 saturated carbocycles. The van der Waals surface area contributed by atoms with E-state index in [4.69, 9.17) is 11.6 Å². The SMILES string of the molecule is CC[C@H](C)NS(=O)(=O)c1ccc(NC(=O)c2ccc([N+](=O)[O-])cc2Cl)cc1. The average molecular weight is 412 g/mol. The van der Waals surface area contributed by atoms with Crippen molar-refractivity contribution in [1.82, 2.24) is 4.72 Å². The predicted octanol–water partition coefficient (Wildman–Crippen LogP) is 3.58. The zero-order valence-corrected chi connectivity index (χ0v) is 16.2. The van der Waals surface area contributed by atoms with E-state index in [1.54, 1.807) is 6.92 Å². The van der Waals surface area contributed by atoms with Gasteiger partial charge in [0.05, 0.1) is 20.4 Å². The molecule has 2 N–H and O–H groups in total. The number of halogens is 1. The summed E-state index contributed by atoms with van der Waals surface area (Å²) in [6, 6.07) is 8.97. The fourth-order valence-electron chi connectivity index (χ4n) is 2.13. The van der Waals surface area contributed by atoms with Crippen molar-refractivity contribution in [3.05, 3.63) is 63.2 Å². The molecule has 0 aliphatic carbocycles. The molecule has 0 heterocycles. The van der Waals surface area contributed by atoms with Crippen LogP contribution in [-0.4, -0.2) is 25.3 Å². The second-order valence-electron chi connectivity index (χ2n) is 5.83. The standard InChI is InChI=1S/C17H18ClN3O5S/c1-3-11(2)20-27(25,26)14-7-4-12(5-8-14)19-17(22)15-9-6-13(21(23)24)10-16(15)18/h4-11,20H,3H2,1-2H3,(H,19,22)/t11-/m0/s1. The molecular formula is C17H18ClN3O5S. The first-order valence-corrected chi connectivity index (χ1v) is 9.88. The van der Waals surface area contributed by atoms with Crippen LogP contribution in [-0.2, 0) is 10.0 Å². The summed E-state index contributed by atoms with van der Waals surface area (Å²) in [7, 11) is -3.64. The molecule has 144 valence electrons. The molecule has 0 aliphatic heterocycles. The van der Waals surface area contributed by atoms with E-state index in [1.165, 1.54) is 36.4 Å². The zero-order chi connectivity index (χ0) is 20.2. The summed E-state index contributed by atoms with van der Waals surface area (Å²) in [5, 5.41) is 13.2. The average Bonchev–Trinajstić information content (AvgIpc) is 2.61. The van der Waals surface area contributed by atoms with Gasteiger partial charge in [-0.3, -0.25) is 14.9 Å². The summed E-state index contributed by atoms with van der Waals surface area (Å²) in [4.78, 5) is 22.5. The van der Waals surface area contributed by atoms with Crippen molar-refractivity contribution in [3.8, 4) is 0 Å². The largest absolute Gasteiger partial charge is 0.322 e. The van der Waals surface area contributed by atoms with Crippen LogP contribution in [0, 0.1) is 10.1 Å². The van der Waals surface area contributed by atoms with Crippen LogP contribution in [0.4, 0.5) is 11.4 Å². The number of nitrogens with zero attached hydrogens (tertiary/aromatic N) is 1. The van der Waals surface area contributed by atoms with E-state index >= 15 is 0 Å². The van der Waals surface area contributed by atoms with Crippen molar-refractivity contribution >= 4 is 38.9 Å². The maximum atomic E-state index is 12.3. The summed E-state index contributed by atoms with van der Waals surface area (Å²) in [5.74, 6) is -0.566. The third-order valence-electron chi connectivity index (χ3n) is 3.80. The first kappa shape index (κ1) is 20.8. The predicted molar refractivity (Wildman–Crippen MR) is 103 cm³/mol. The van der Waals surface area contributed by atoms with E-state index in [0.717, 1.165) is 6.07 Å². The van der Waals surface area contributed by atoms with Crippen LogP contribution in [0.1, 0.15) is 30.6 Å². The molecule has 1 atom stereocenters. The molecule has 2 rings (SSSR count). The zero-order valence-electron chi connectivity index (χ0n) is 14.6. The number of carbonyl (C=O) groups excluding carboxylic acids is 1. The molecular weight excluding hydrogens is 394 g/mol. The minimum atomic E-state index is -3.64. The Morgan fingerprint density at radius 3 is 2.37 bits per heavy atom. The molecule has 0 spiro atoms. The lowest BCUT2D eigenvalue weighted by atomic mass is 10.2. The maximum absolute atomic E-state index is 12.3. The van der Waals surface area contributed by atoms with Gasteiger partial charge in [0.25, 0.3) is 11.6 Å². The lowest BCUT2D eigenvalue weighted by Crippen LogP contribution is -2.31. The summed E-state index contributed by atoms with van der Waals surface area (Å²) in [6.07, 6.45) is 0.656. The first-order valence-electron chi connectivity index (χ1n) is 8.01. The van der Waals surface area contributed by atoms with E-state index in [1.807, 2.05) is 6.92 Å². The van der Waals surface area contributed by atoms with Crippen LogP contribution in [0.3, 0.4) is 0 Å². The van der Waals surface area contributed by atoms with Crippen LogP contribution in [0.25, 0.3) is 0 Å². The highest BCUT2D eigenvalue weighted by molar-refractivity contribution is 7.89. The number of nitro groups is 1. The van der Waals surface area contributed by atoms with Gasteiger partial charge in [-0.1, -0.05) is 18.5 Å². The van der Waals surface area contributed by atoms with E-state index in [2.05, 4.69) is 10.0 Å². The lowest BCUT2D eigenvalue weighted by Gasteiger charge is -2.12. The summed E-state index contributed by atoms with van der Waals surface area (Å²) in [5.41, 5.74) is 0.203. The van der Waals surface area contributed by atoms with Crippen LogP contribution in [0.5, 0.6) is 0 Å². The van der Waals surface area contributed by atoms with Gasteiger partial charge < -0.3 is 5.32 Å². The monoisotopic (exact) mass is 411 g/mol. The van der Waals surface area contributed by atoms with Crippen molar-refractivity contribution < 1.29 is 18.1 Å². The third-order valence-corrected chi connectivity index (χ3v) is 5.72. The number of rotatable bonds is 7. The third kappa shape index (κ3) is 5.25. The molecule has 0 saturated heterocycles. The van der Waals surface area contributed by atoms with Gasteiger partial charge in [-0.15, -0.1) is 0 Å². The van der Waals surface area contributed by atoms with Crippen LogP contribution < -0.4 is 10.0 Å². The molecule has 0 unspecified atom stereocenters. The van der Waals surface area contributed by atoms with Gasteiger partial charge in [-0.25, -0.2) is 13.1 Å². The topological polar surface area (TPSA) is 118 Å². The van der Waals surface area contributed by atoms with E-state index in [9.17, 15) is 23.3 Å². The fourth-order valence-corrected chi connectivity index (χ4v) is 3.72. The Kier molecular flexibility index (Phi) is 6.53. The molecule has 2 aromatic rings. The van der Waals surface area contributed by atoms with Crippen molar-refractivity contribution in [2.24, 2.45) is 0 Å². The smallest absolute Gasteiger partial charge is 0.270 e. The van der Waals surface area contributed by atoms with Gasteiger partial charge in [-0.2, -0.15) is 0 Å². The van der Waals surface area contributed by atoms with Crippen molar-refractivity contribution in [2.75, 3.05) is 5.32 Å². The first-order chi connectivity index (χ1) is 12.6. The molecule has 0 radical (unpaired) electrons. The van der Waals surface area contributed by atoms with E-state index < -0.39 is 20.9 Å². The number of hydrogen-bond acceptors (Lipinski definition) is 5. The Morgan fingerprint density at radius 1 is 1.22 bits per heavy atom. The molecule has 0 aliphatic rings. The number of non-ortho nitro benzene ring substituents is 1. The second-order valence-corrected chi connectivity index (χ2v) is 7.95. The number of nitro benzene ring substituents is 1. The van der Waals surface area contributed by atoms with Gasteiger partial charge in [0, 0.05) is 23.9 Å². The van der Waals surface area contributed by atoms with Gasteiger partial charge >= 0.3 is 0 Å². The minimum Gasteiger partial charge on any atom is -0.322 e. The highest BCUT2D eigenvalue weighted by Gasteiger charge is 2.18. The molecule has 0 aromatic heterocycles. The van der Waals surface area contributed by atoms with Crippen molar-refractivity contribution in [3.63, 3.8) is 0 Å². The number of nitrogens with one attached hydrogen (secondary N) is 2. The summed E-state index contributed by atoms with van der Waals surface area (Å²) in [6.45, 7) is 3.63. The maximum Gasteiger partial charge on any atom is 0.270 e. The Hall–Kier alpha value is -2.49. The number of benzene rings is 2. The Bertz CT molecular complexity index is 961.